The van der Waals surface area contributed by atoms with Crippen LogP contribution in [0.5, 0.6) is 0 Å². The van der Waals surface area contributed by atoms with E-state index in [1.165, 1.54) is 6.20 Å². The zero-order valence-corrected chi connectivity index (χ0v) is 16.2. The van der Waals surface area contributed by atoms with Crippen molar-refractivity contribution in [2.24, 2.45) is 0 Å². The van der Waals surface area contributed by atoms with Crippen molar-refractivity contribution in [3.8, 4) is 11.4 Å². The van der Waals surface area contributed by atoms with Gasteiger partial charge in [0.2, 0.25) is 17.8 Å². The van der Waals surface area contributed by atoms with Crippen molar-refractivity contribution in [2.45, 2.75) is 31.4 Å². The van der Waals surface area contributed by atoms with E-state index >= 15 is 0 Å². The van der Waals surface area contributed by atoms with Gasteiger partial charge in [0, 0.05) is 19.3 Å². The first-order valence-electron chi connectivity index (χ1n) is 9.96. The molecule has 160 valence electrons. The summed E-state index contributed by atoms with van der Waals surface area (Å²) in [5, 5.41) is 0. The van der Waals surface area contributed by atoms with Crippen LogP contribution in [-0.4, -0.2) is 76.5 Å². The van der Waals surface area contributed by atoms with Gasteiger partial charge in [-0.1, -0.05) is 0 Å². The molecule has 12 heteroatoms. The molecule has 3 fully saturated rings. The minimum absolute atomic E-state index is 0.0537. The number of halogens is 2. The van der Waals surface area contributed by atoms with E-state index in [2.05, 4.69) is 24.8 Å². The van der Waals surface area contributed by atoms with E-state index in [9.17, 15) is 8.78 Å². The summed E-state index contributed by atoms with van der Waals surface area (Å²) in [5.41, 5.74) is 5.09. The zero-order valence-electron chi connectivity index (χ0n) is 16.2. The molecule has 3 aliphatic rings. The van der Waals surface area contributed by atoms with E-state index in [1.54, 1.807) is 0 Å². The van der Waals surface area contributed by atoms with Gasteiger partial charge in [0.15, 0.2) is 5.82 Å². The van der Waals surface area contributed by atoms with E-state index in [4.69, 9.17) is 20.2 Å². The molecule has 0 radical (unpaired) electrons. The molecular weight excluding hydrogens is 398 g/mol. The first-order valence-corrected chi connectivity index (χ1v) is 9.96. The third-order valence-corrected chi connectivity index (χ3v) is 5.66. The molecule has 0 unspecified atom stereocenters. The number of nitrogen functional groups attached to an aromatic ring is 1. The van der Waals surface area contributed by atoms with Crippen molar-refractivity contribution in [2.75, 3.05) is 55.1 Å². The Labute approximate surface area is 171 Å². The van der Waals surface area contributed by atoms with Crippen molar-refractivity contribution in [3.63, 3.8) is 0 Å². The van der Waals surface area contributed by atoms with Crippen LogP contribution in [0.25, 0.3) is 11.4 Å². The fraction of sp³-hybridized carbons (Fsp3) is 0.611. The number of nitrogens with two attached hydrogens (primary N) is 1. The molecule has 2 atom stereocenters. The molecular formula is C18H22F2N8O2. The second-order valence-electron chi connectivity index (χ2n) is 7.52. The third kappa shape index (κ3) is 3.49. The number of alkyl halides is 2. The molecule has 10 nitrogen and oxygen atoms in total. The number of nitrogens with zero attached hydrogens (tertiary/aromatic N) is 7. The van der Waals surface area contributed by atoms with Crippen molar-refractivity contribution < 1.29 is 18.3 Å². The van der Waals surface area contributed by atoms with Gasteiger partial charge in [0.05, 0.1) is 44.1 Å². The van der Waals surface area contributed by atoms with Gasteiger partial charge in [-0.15, -0.1) is 0 Å². The summed E-state index contributed by atoms with van der Waals surface area (Å²) in [4.78, 5) is 25.5. The third-order valence-electron chi connectivity index (χ3n) is 5.66. The standard InChI is InChI=1S/C18H22F2N8O2/c19-14(20)13-12(7-22-16(21)23-13)15-24-17(27-3-5-29-6-4-27)26-18(25-15)28-10-1-2-11(28)9-30-8-10/h7,10-11,14H,1-6,8-9H2,(H2,21,22,23)/t10-,11+. The van der Waals surface area contributed by atoms with Crippen LogP contribution in [0.4, 0.5) is 26.6 Å². The van der Waals surface area contributed by atoms with Crippen LogP contribution < -0.4 is 15.5 Å². The molecule has 0 spiro atoms. The van der Waals surface area contributed by atoms with Gasteiger partial charge in [-0.2, -0.15) is 15.0 Å². The average Bonchev–Trinajstić information content (AvgIpc) is 3.02. The van der Waals surface area contributed by atoms with E-state index in [0.717, 1.165) is 12.8 Å². The molecule has 2 aromatic rings. The van der Waals surface area contributed by atoms with Crippen molar-refractivity contribution in [3.05, 3.63) is 11.9 Å². The quantitative estimate of drug-likeness (QED) is 0.769. The van der Waals surface area contributed by atoms with Gasteiger partial charge < -0.3 is 25.0 Å². The summed E-state index contributed by atoms with van der Waals surface area (Å²) in [6.07, 6.45) is 0.370. The van der Waals surface area contributed by atoms with Gasteiger partial charge in [0.25, 0.3) is 6.43 Å². The lowest BCUT2D eigenvalue weighted by molar-refractivity contribution is 0.0897. The molecule has 0 aliphatic carbocycles. The lowest BCUT2D eigenvalue weighted by Gasteiger charge is -2.35. The Morgan fingerprint density at radius 1 is 0.967 bits per heavy atom. The summed E-state index contributed by atoms with van der Waals surface area (Å²) in [6.45, 7) is 3.51. The zero-order chi connectivity index (χ0) is 20.7. The topological polar surface area (TPSA) is 115 Å². The van der Waals surface area contributed by atoms with E-state index in [-0.39, 0.29) is 29.4 Å². The molecule has 2 bridgehead atoms. The van der Waals surface area contributed by atoms with Crippen LogP contribution in [0, 0.1) is 0 Å². The Bertz CT molecular complexity index is 911. The maximum Gasteiger partial charge on any atom is 0.281 e. The predicted octanol–water partition coefficient (Wildman–Crippen LogP) is 1.05. The summed E-state index contributed by atoms with van der Waals surface area (Å²) < 4.78 is 38.4. The van der Waals surface area contributed by atoms with Crippen molar-refractivity contribution in [1.29, 1.82) is 0 Å². The highest BCUT2D eigenvalue weighted by Crippen LogP contribution is 2.35. The first-order chi connectivity index (χ1) is 14.6. The van der Waals surface area contributed by atoms with E-state index < -0.39 is 12.1 Å². The van der Waals surface area contributed by atoms with Crippen LogP contribution in [0.3, 0.4) is 0 Å². The number of morpholine rings is 2. The molecule has 3 saturated heterocycles. The molecule has 2 aromatic heterocycles. The predicted molar refractivity (Wildman–Crippen MR) is 103 cm³/mol. The Morgan fingerprint density at radius 3 is 2.37 bits per heavy atom. The van der Waals surface area contributed by atoms with Gasteiger partial charge >= 0.3 is 0 Å². The maximum absolute atomic E-state index is 13.7. The summed E-state index contributed by atoms with van der Waals surface area (Å²) >= 11 is 0. The Hall–Kier alpha value is -2.73. The lowest BCUT2D eigenvalue weighted by Crippen LogP contribution is -2.47. The highest BCUT2D eigenvalue weighted by molar-refractivity contribution is 5.62. The van der Waals surface area contributed by atoms with E-state index in [0.29, 0.717) is 51.4 Å². The monoisotopic (exact) mass is 420 g/mol. The Morgan fingerprint density at radius 2 is 1.67 bits per heavy atom. The second kappa shape index (κ2) is 7.84. The average molecular weight is 420 g/mol. The smallest absolute Gasteiger partial charge is 0.281 e. The van der Waals surface area contributed by atoms with Crippen LogP contribution in [0.1, 0.15) is 25.0 Å². The molecule has 5 heterocycles. The lowest BCUT2D eigenvalue weighted by atomic mass is 10.2. The number of aromatic nitrogens is 5. The Kier molecular flexibility index (Phi) is 5.03. The van der Waals surface area contributed by atoms with Crippen molar-refractivity contribution >= 4 is 17.8 Å². The highest BCUT2D eigenvalue weighted by Gasteiger charge is 2.39. The molecule has 3 aliphatic heterocycles. The molecule has 30 heavy (non-hydrogen) atoms. The van der Waals surface area contributed by atoms with E-state index in [1.807, 2.05) is 4.90 Å². The van der Waals surface area contributed by atoms with Gasteiger partial charge in [-0.05, 0) is 12.8 Å². The number of rotatable bonds is 4. The number of hydrogen-bond acceptors (Lipinski definition) is 10. The summed E-state index contributed by atoms with van der Waals surface area (Å²) in [7, 11) is 0. The fourth-order valence-electron chi connectivity index (χ4n) is 4.20. The first kappa shape index (κ1) is 19.2. The molecule has 0 saturated carbocycles. The summed E-state index contributed by atoms with van der Waals surface area (Å²) in [5.74, 6) is 0.793. The van der Waals surface area contributed by atoms with Crippen LogP contribution in [0.15, 0.2) is 6.20 Å². The molecule has 2 N–H and O–H groups in total. The van der Waals surface area contributed by atoms with Gasteiger partial charge in [-0.3, -0.25) is 0 Å². The number of hydrogen-bond donors (Lipinski definition) is 1. The van der Waals surface area contributed by atoms with Gasteiger partial charge in [-0.25, -0.2) is 18.7 Å². The van der Waals surface area contributed by atoms with Crippen LogP contribution >= 0.6 is 0 Å². The SMILES string of the molecule is Nc1ncc(-c2nc(N3CCOCC3)nc(N3[C@@H]4CC[C@H]3COC4)n2)c(C(F)F)n1. The second-order valence-corrected chi connectivity index (χ2v) is 7.52. The van der Waals surface area contributed by atoms with Crippen LogP contribution in [0.2, 0.25) is 0 Å². The number of anilines is 3. The number of fused-ring (bicyclic) bond motifs is 2. The molecule has 0 aromatic carbocycles. The molecule has 0 amide bonds. The summed E-state index contributed by atoms with van der Waals surface area (Å²) in [6, 6.07) is 0.322. The normalized spacial score (nSPS) is 24.0. The number of ether oxygens (including phenoxy) is 2. The Balaban J connectivity index is 1.62. The minimum atomic E-state index is -2.84. The van der Waals surface area contributed by atoms with Crippen LogP contribution in [-0.2, 0) is 9.47 Å². The largest absolute Gasteiger partial charge is 0.378 e. The van der Waals surface area contributed by atoms with Gasteiger partial charge in [0.1, 0.15) is 5.69 Å². The highest BCUT2D eigenvalue weighted by atomic mass is 19.3. The molecule has 5 rings (SSSR count). The fourth-order valence-corrected chi connectivity index (χ4v) is 4.20. The maximum atomic E-state index is 13.7. The minimum Gasteiger partial charge on any atom is -0.378 e. The van der Waals surface area contributed by atoms with Crippen molar-refractivity contribution in [1.82, 2.24) is 24.9 Å².